The van der Waals surface area contributed by atoms with E-state index < -0.39 is 0 Å². The number of carbonyl (C=O) groups excluding carboxylic acids is 2. The first kappa shape index (κ1) is 30.4. The van der Waals surface area contributed by atoms with E-state index in [-0.39, 0.29) is 18.0 Å². The number of benzene rings is 4. The molecule has 1 N–H and O–H groups in total. The number of nitrogens with one attached hydrogen (secondary N) is 1. The van der Waals surface area contributed by atoms with Gasteiger partial charge in [-0.2, -0.15) is 0 Å². The van der Waals surface area contributed by atoms with Crippen molar-refractivity contribution in [3.05, 3.63) is 137 Å². The Labute approximate surface area is 258 Å². The second kappa shape index (κ2) is 13.0. The minimum absolute atomic E-state index is 0.176. The predicted octanol–water partition coefficient (Wildman–Crippen LogP) is 8.09. The van der Waals surface area contributed by atoms with E-state index in [1.54, 1.807) is 12.1 Å². The van der Waals surface area contributed by atoms with Crippen molar-refractivity contribution in [2.24, 2.45) is 0 Å². The Morgan fingerprint density at radius 1 is 0.841 bits per heavy atom. The molecule has 6 nitrogen and oxygen atoms in total. The predicted molar refractivity (Wildman–Crippen MR) is 177 cm³/mol. The summed E-state index contributed by atoms with van der Waals surface area (Å²) in [5, 5.41) is 4.61. The van der Waals surface area contributed by atoms with Crippen molar-refractivity contribution in [2.45, 2.75) is 46.9 Å². The summed E-state index contributed by atoms with van der Waals surface area (Å²) in [6, 6.07) is 29.8. The normalized spacial score (nSPS) is 11.0. The van der Waals surface area contributed by atoms with Crippen molar-refractivity contribution in [3.8, 4) is 11.1 Å². The van der Waals surface area contributed by atoms with Gasteiger partial charge in [-0.05, 0) is 91.4 Å². The summed E-state index contributed by atoms with van der Waals surface area (Å²) in [5.74, 6) is -0.653. The summed E-state index contributed by atoms with van der Waals surface area (Å²) in [5.41, 5.74) is 10.6. The Hall–Kier alpha value is -5.10. The molecule has 1 aromatic heterocycles. The highest BCUT2D eigenvalue weighted by Crippen LogP contribution is 2.30. The number of hydrogen-bond acceptors (Lipinski definition) is 5. The van der Waals surface area contributed by atoms with E-state index in [0.717, 1.165) is 34.5 Å². The van der Waals surface area contributed by atoms with Gasteiger partial charge in [-0.3, -0.25) is 0 Å². The number of esters is 2. The van der Waals surface area contributed by atoms with Crippen LogP contribution in [0.3, 0.4) is 0 Å². The van der Waals surface area contributed by atoms with Crippen LogP contribution >= 0.6 is 0 Å². The Kier molecular flexibility index (Phi) is 9.00. The van der Waals surface area contributed by atoms with Crippen LogP contribution in [0.15, 0.2) is 97.6 Å². The Morgan fingerprint density at radius 3 is 2.18 bits per heavy atom. The van der Waals surface area contributed by atoms with Gasteiger partial charge in [-0.1, -0.05) is 67.2 Å². The second-order valence-electron chi connectivity index (χ2n) is 11.2. The molecule has 1 heterocycles. The third kappa shape index (κ3) is 6.45. The van der Waals surface area contributed by atoms with Gasteiger partial charge in [-0.15, -0.1) is 0 Å². The summed E-state index contributed by atoms with van der Waals surface area (Å²) in [6.45, 7) is 13.6. The first-order valence-corrected chi connectivity index (χ1v) is 14.8. The van der Waals surface area contributed by atoms with Crippen LogP contribution in [-0.4, -0.2) is 29.7 Å². The zero-order valence-electron chi connectivity index (χ0n) is 25.9. The van der Waals surface area contributed by atoms with Gasteiger partial charge in [0.15, 0.2) is 0 Å². The van der Waals surface area contributed by atoms with E-state index in [4.69, 9.17) is 9.47 Å². The van der Waals surface area contributed by atoms with Gasteiger partial charge in [-0.25, -0.2) is 9.59 Å². The summed E-state index contributed by atoms with van der Waals surface area (Å²) in [7, 11) is 1.38. The third-order valence-electron chi connectivity index (χ3n) is 7.96. The van der Waals surface area contributed by atoms with Crippen LogP contribution in [0.4, 0.5) is 0 Å². The maximum atomic E-state index is 12.7. The highest BCUT2D eigenvalue weighted by Gasteiger charge is 2.16. The summed E-state index contributed by atoms with van der Waals surface area (Å²) in [4.78, 5) is 24.4. The molecule has 0 radical (unpaired) electrons. The molecule has 0 amide bonds. The molecular formula is C38H38N2O4. The fraction of sp³-hybridized carbons (Fsp3) is 0.211. The van der Waals surface area contributed by atoms with Crippen LogP contribution in [0, 0.1) is 13.8 Å². The van der Waals surface area contributed by atoms with Gasteiger partial charge in [0.05, 0.1) is 24.3 Å². The molecule has 0 spiro atoms. The molecule has 0 aliphatic heterocycles. The van der Waals surface area contributed by atoms with E-state index in [0.29, 0.717) is 17.7 Å². The molecule has 5 rings (SSSR count). The van der Waals surface area contributed by atoms with Crippen molar-refractivity contribution in [1.29, 1.82) is 0 Å². The van der Waals surface area contributed by atoms with Gasteiger partial charge >= 0.3 is 11.9 Å². The highest BCUT2D eigenvalue weighted by atomic mass is 16.5. The minimum atomic E-state index is -0.344. The molecule has 44 heavy (non-hydrogen) atoms. The zero-order valence-corrected chi connectivity index (χ0v) is 25.9. The van der Waals surface area contributed by atoms with E-state index in [1.807, 2.05) is 50.2 Å². The largest absolute Gasteiger partial charge is 0.465 e. The number of ether oxygens (including phenoxy) is 2. The molecule has 4 aromatic carbocycles. The van der Waals surface area contributed by atoms with Crippen LogP contribution < -0.4 is 5.32 Å². The minimum Gasteiger partial charge on any atom is -0.465 e. The quantitative estimate of drug-likeness (QED) is 0.168. The summed E-state index contributed by atoms with van der Waals surface area (Å²) in [6.07, 6.45) is -0.176. The van der Waals surface area contributed by atoms with Crippen LogP contribution in [-0.2, 0) is 22.6 Å². The van der Waals surface area contributed by atoms with Crippen LogP contribution in [0.5, 0.6) is 0 Å². The fourth-order valence-electron chi connectivity index (χ4n) is 5.39. The number of carbonyl (C=O) groups is 2. The molecule has 6 heteroatoms. The van der Waals surface area contributed by atoms with Crippen molar-refractivity contribution in [2.75, 3.05) is 7.11 Å². The summed E-state index contributed by atoms with van der Waals surface area (Å²) >= 11 is 0. The van der Waals surface area contributed by atoms with Gasteiger partial charge < -0.3 is 19.4 Å². The number of nitrogens with zero attached hydrogens (tertiary/aromatic N) is 1. The topological polar surface area (TPSA) is 69.6 Å². The lowest BCUT2D eigenvalue weighted by Gasteiger charge is -2.13. The molecule has 0 saturated carbocycles. The molecule has 0 unspecified atom stereocenters. The van der Waals surface area contributed by atoms with Crippen molar-refractivity contribution < 1.29 is 19.1 Å². The lowest BCUT2D eigenvalue weighted by molar-refractivity contribution is 0.0378. The number of aryl methyl sites for hydroxylation is 1. The third-order valence-corrected chi connectivity index (χ3v) is 7.96. The van der Waals surface area contributed by atoms with Crippen molar-refractivity contribution in [3.63, 3.8) is 0 Å². The Bertz CT molecular complexity index is 1830. The number of methoxy groups -OCH3 is 1. The Morgan fingerprint density at radius 2 is 1.50 bits per heavy atom. The number of rotatable bonds is 10. The van der Waals surface area contributed by atoms with Crippen molar-refractivity contribution >= 4 is 28.5 Å². The van der Waals surface area contributed by atoms with Gasteiger partial charge in [0.25, 0.3) is 0 Å². The average molecular weight is 587 g/mol. The van der Waals surface area contributed by atoms with Gasteiger partial charge in [0, 0.05) is 35.4 Å². The highest BCUT2D eigenvalue weighted by molar-refractivity contribution is 5.97. The monoisotopic (exact) mass is 586 g/mol. The van der Waals surface area contributed by atoms with Crippen LogP contribution in [0.2, 0.25) is 0 Å². The Balaban J connectivity index is 1.32. The number of aromatic nitrogens is 1. The van der Waals surface area contributed by atoms with E-state index in [9.17, 15) is 9.59 Å². The molecule has 0 aliphatic carbocycles. The first-order chi connectivity index (χ1) is 21.2. The average Bonchev–Trinajstić information content (AvgIpc) is 3.27. The van der Waals surface area contributed by atoms with Gasteiger partial charge in [0.2, 0.25) is 0 Å². The lowest BCUT2D eigenvalue weighted by atomic mass is 9.98. The van der Waals surface area contributed by atoms with E-state index in [1.165, 1.54) is 34.8 Å². The molecule has 0 atom stereocenters. The van der Waals surface area contributed by atoms with Crippen LogP contribution in [0.1, 0.15) is 62.5 Å². The zero-order chi connectivity index (χ0) is 31.4. The molecule has 0 fully saturated rings. The molecular weight excluding hydrogens is 548 g/mol. The lowest BCUT2D eigenvalue weighted by Crippen LogP contribution is -2.12. The maximum Gasteiger partial charge on any atom is 0.339 e. The molecule has 224 valence electrons. The molecule has 0 aliphatic rings. The maximum absolute atomic E-state index is 12.7. The molecule has 5 aromatic rings. The smallest absolute Gasteiger partial charge is 0.339 e. The molecule has 0 bridgehead atoms. The molecule has 0 saturated heterocycles. The standard InChI is InChI=1S/C38H38N2O4/c1-24(2)44-38(42)34-10-8-7-9-33(34)30-15-13-29(14-16-30)23-40-27(5)25(3)35-21-32(19-20-36(35)40)26(4)39-22-28-11-17-31(18-12-28)37(41)43-6/h7-21,24,39H,4,22-23H2,1-3,5-6H3. The fourth-order valence-corrected chi connectivity index (χ4v) is 5.39. The summed E-state index contributed by atoms with van der Waals surface area (Å²) < 4.78 is 12.6. The van der Waals surface area contributed by atoms with Crippen LogP contribution in [0.25, 0.3) is 27.7 Å². The second-order valence-corrected chi connectivity index (χ2v) is 11.2. The first-order valence-electron chi connectivity index (χ1n) is 14.8. The van der Waals surface area contributed by atoms with E-state index in [2.05, 4.69) is 72.8 Å². The van der Waals surface area contributed by atoms with Gasteiger partial charge in [0.1, 0.15) is 0 Å². The number of fused-ring (bicyclic) bond motifs is 1. The van der Waals surface area contributed by atoms with Crippen molar-refractivity contribution in [1.82, 2.24) is 9.88 Å². The number of hydrogen-bond donors (Lipinski definition) is 1. The van der Waals surface area contributed by atoms with E-state index >= 15 is 0 Å². The SMILES string of the molecule is C=C(NCc1ccc(C(=O)OC)cc1)c1ccc2c(c1)c(C)c(C)n2Cc1ccc(-c2ccccc2C(=O)OC(C)C)cc1.